The number of hydrogen-bond donors (Lipinski definition) is 1. The molecule has 1 rings (SSSR count). The van der Waals surface area contributed by atoms with E-state index in [-0.39, 0.29) is 5.54 Å². The Bertz CT molecular complexity index is 200. The van der Waals surface area contributed by atoms with Crippen molar-refractivity contribution in [3.63, 3.8) is 0 Å². The highest BCUT2D eigenvalue weighted by Crippen LogP contribution is 2.23. The van der Waals surface area contributed by atoms with Crippen LogP contribution in [-0.4, -0.2) is 49.3 Å². The smallest absolute Gasteiger partial charge is 0.0594 e. The van der Waals surface area contributed by atoms with Gasteiger partial charge in [-0.15, -0.1) is 0 Å². The van der Waals surface area contributed by atoms with Gasteiger partial charge in [0, 0.05) is 24.7 Å². The minimum atomic E-state index is 0.231. The highest BCUT2D eigenvalue weighted by molar-refractivity contribution is 4.94. The molecule has 3 heteroatoms. The molecule has 0 aromatic rings. The fraction of sp³-hybridized carbons (Fsp3) is 1.00. The maximum absolute atomic E-state index is 5.45. The van der Waals surface area contributed by atoms with Crippen LogP contribution in [0, 0.1) is 0 Å². The molecule has 0 aliphatic carbocycles. The van der Waals surface area contributed by atoms with E-state index >= 15 is 0 Å². The fourth-order valence-corrected chi connectivity index (χ4v) is 2.67. The first-order valence-corrected chi connectivity index (χ1v) is 7.19. The Morgan fingerprint density at radius 3 is 2.35 bits per heavy atom. The SMILES string of the molecule is CCCNC(CCC)C(C)(C)N1CCOCC1. The first-order valence-electron chi connectivity index (χ1n) is 7.19. The normalized spacial score (nSPS) is 20.5. The molecule has 3 nitrogen and oxygen atoms in total. The molecular formula is C14H30N2O. The first kappa shape index (κ1) is 14.9. The second-order valence-electron chi connectivity index (χ2n) is 5.55. The third-order valence-electron chi connectivity index (χ3n) is 3.90. The van der Waals surface area contributed by atoms with E-state index in [0.29, 0.717) is 6.04 Å². The average Bonchev–Trinajstić information content (AvgIpc) is 2.35. The standard InChI is InChI=1S/C14H30N2O/c1-5-7-13(15-8-6-2)14(3,4)16-9-11-17-12-10-16/h13,15H,5-12H2,1-4H3. The molecule has 102 valence electrons. The Morgan fingerprint density at radius 1 is 1.18 bits per heavy atom. The van der Waals surface area contributed by atoms with Crippen molar-refractivity contribution in [3.05, 3.63) is 0 Å². The van der Waals surface area contributed by atoms with Crippen molar-refractivity contribution in [1.82, 2.24) is 10.2 Å². The van der Waals surface area contributed by atoms with Gasteiger partial charge in [0.1, 0.15) is 0 Å². The van der Waals surface area contributed by atoms with E-state index in [1.807, 2.05) is 0 Å². The summed E-state index contributed by atoms with van der Waals surface area (Å²) in [7, 11) is 0. The average molecular weight is 242 g/mol. The lowest BCUT2D eigenvalue weighted by Gasteiger charge is -2.46. The van der Waals surface area contributed by atoms with Gasteiger partial charge >= 0.3 is 0 Å². The Balaban J connectivity index is 2.60. The third-order valence-corrected chi connectivity index (χ3v) is 3.90. The number of morpholine rings is 1. The number of ether oxygens (including phenoxy) is 1. The molecule has 1 N–H and O–H groups in total. The van der Waals surface area contributed by atoms with Gasteiger partial charge in [0.25, 0.3) is 0 Å². The number of rotatable bonds is 7. The van der Waals surface area contributed by atoms with Gasteiger partial charge in [0.2, 0.25) is 0 Å². The monoisotopic (exact) mass is 242 g/mol. The molecule has 0 saturated carbocycles. The summed E-state index contributed by atoms with van der Waals surface area (Å²) in [5.41, 5.74) is 0.231. The summed E-state index contributed by atoms with van der Waals surface area (Å²) in [5, 5.41) is 3.73. The zero-order valence-electron chi connectivity index (χ0n) is 12.1. The van der Waals surface area contributed by atoms with Gasteiger partial charge in [-0.05, 0) is 33.2 Å². The maximum atomic E-state index is 5.45. The molecule has 1 fully saturated rings. The van der Waals surface area contributed by atoms with Crippen LogP contribution >= 0.6 is 0 Å². The summed E-state index contributed by atoms with van der Waals surface area (Å²) in [4.78, 5) is 2.58. The van der Waals surface area contributed by atoms with Crippen molar-refractivity contribution in [1.29, 1.82) is 0 Å². The van der Waals surface area contributed by atoms with E-state index in [1.165, 1.54) is 19.3 Å². The van der Waals surface area contributed by atoms with Crippen LogP contribution in [0.2, 0.25) is 0 Å². The molecular weight excluding hydrogens is 212 g/mol. The van der Waals surface area contributed by atoms with Crippen LogP contribution in [0.4, 0.5) is 0 Å². The Kier molecular flexibility index (Phi) is 6.45. The predicted molar refractivity (Wildman–Crippen MR) is 73.5 cm³/mol. The molecule has 1 saturated heterocycles. The molecule has 1 unspecified atom stereocenters. The van der Waals surface area contributed by atoms with Gasteiger partial charge in [-0.25, -0.2) is 0 Å². The zero-order chi connectivity index (χ0) is 12.7. The summed E-state index contributed by atoms with van der Waals surface area (Å²) >= 11 is 0. The van der Waals surface area contributed by atoms with Crippen LogP contribution in [0.15, 0.2) is 0 Å². The summed E-state index contributed by atoms with van der Waals surface area (Å²) in [6.45, 7) is 14.3. The van der Waals surface area contributed by atoms with E-state index in [2.05, 4.69) is 37.9 Å². The minimum absolute atomic E-state index is 0.231. The lowest BCUT2D eigenvalue weighted by Crippen LogP contribution is -2.60. The van der Waals surface area contributed by atoms with Crippen LogP contribution in [0.3, 0.4) is 0 Å². The van der Waals surface area contributed by atoms with Gasteiger partial charge in [0.05, 0.1) is 13.2 Å². The highest BCUT2D eigenvalue weighted by Gasteiger charge is 2.35. The molecule has 1 aliphatic heterocycles. The van der Waals surface area contributed by atoms with Crippen molar-refractivity contribution in [2.45, 2.75) is 58.5 Å². The Hall–Kier alpha value is -0.120. The van der Waals surface area contributed by atoms with Crippen molar-refractivity contribution in [3.8, 4) is 0 Å². The molecule has 0 bridgehead atoms. The quantitative estimate of drug-likeness (QED) is 0.741. The van der Waals surface area contributed by atoms with Crippen molar-refractivity contribution < 1.29 is 4.74 Å². The Morgan fingerprint density at radius 2 is 1.82 bits per heavy atom. The van der Waals surface area contributed by atoms with Crippen molar-refractivity contribution >= 4 is 0 Å². The lowest BCUT2D eigenvalue weighted by molar-refractivity contribution is -0.0244. The number of nitrogens with one attached hydrogen (secondary N) is 1. The van der Waals surface area contributed by atoms with Crippen LogP contribution < -0.4 is 5.32 Å². The van der Waals surface area contributed by atoms with Crippen LogP contribution in [0.1, 0.15) is 47.0 Å². The zero-order valence-corrected chi connectivity index (χ0v) is 12.1. The molecule has 0 radical (unpaired) electrons. The topological polar surface area (TPSA) is 24.5 Å². The fourth-order valence-electron chi connectivity index (χ4n) is 2.67. The van der Waals surface area contributed by atoms with Crippen LogP contribution in [0.5, 0.6) is 0 Å². The van der Waals surface area contributed by atoms with E-state index in [4.69, 9.17) is 4.74 Å². The summed E-state index contributed by atoms with van der Waals surface area (Å²) in [5.74, 6) is 0. The molecule has 0 spiro atoms. The van der Waals surface area contributed by atoms with E-state index < -0.39 is 0 Å². The summed E-state index contributed by atoms with van der Waals surface area (Å²) < 4.78 is 5.45. The number of nitrogens with zero attached hydrogens (tertiary/aromatic N) is 1. The summed E-state index contributed by atoms with van der Waals surface area (Å²) in [6.07, 6.45) is 3.71. The largest absolute Gasteiger partial charge is 0.379 e. The molecule has 1 heterocycles. The van der Waals surface area contributed by atoms with Crippen molar-refractivity contribution in [2.24, 2.45) is 0 Å². The van der Waals surface area contributed by atoms with Gasteiger partial charge in [-0.2, -0.15) is 0 Å². The molecule has 0 aromatic carbocycles. The Labute approximate surface area is 107 Å². The second kappa shape index (κ2) is 7.34. The molecule has 0 amide bonds. The van der Waals surface area contributed by atoms with Gasteiger partial charge < -0.3 is 10.1 Å². The minimum Gasteiger partial charge on any atom is -0.379 e. The summed E-state index contributed by atoms with van der Waals surface area (Å²) in [6, 6.07) is 0.588. The molecule has 1 atom stereocenters. The molecule has 17 heavy (non-hydrogen) atoms. The van der Waals surface area contributed by atoms with Crippen molar-refractivity contribution in [2.75, 3.05) is 32.8 Å². The van der Waals surface area contributed by atoms with E-state index in [0.717, 1.165) is 32.8 Å². The maximum Gasteiger partial charge on any atom is 0.0594 e. The van der Waals surface area contributed by atoms with Gasteiger partial charge in [-0.1, -0.05) is 20.3 Å². The van der Waals surface area contributed by atoms with Gasteiger partial charge in [-0.3, -0.25) is 4.90 Å². The molecule has 0 aromatic heterocycles. The first-order chi connectivity index (χ1) is 8.12. The highest BCUT2D eigenvalue weighted by atomic mass is 16.5. The second-order valence-corrected chi connectivity index (χ2v) is 5.55. The molecule has 1 aliphatic rings. The van der Waals surface area contributed by atoms with E-state index in [9.17, 15) is 0 Å². The van der Waals surface area contributed by atoms with E-state index in [1.54, 1.807) is 0 Å². The van der Waals surface area contributed by atoms with Crippen LogP contribution in [0.25, 0.3) is 0 Å². The predicted octanol–water partition coefficient (Wildman–Crippen LogP) is 2.27. The van der Waals surface area contributed by atoms with Crippen LogP contribution in [-0.2, 0) is 4.74 Å². The lowest BCUT2D eigenvalue weighted by atomic mass is 9.88. The third kappa shape index (κ3) is 4.23. The van der Waals surface area contributed by atoms with Gasteiger partial charge in [0.15, 0.2) is 0 Å². The number of hydrogen-bond acceptors (Lipinski definition) is 3.